The average Bonchev–Trinajstić information content (AvgIpc) is 2.85. The normalized spacial score (nSPS) is 18.5. The fourth-order valence-corrected chi connectivity index (χ4v) is 4.51. The van der Waals surface area contributed by atoms with Crippen molar-refractivity contribution < 1.29 is 31.4 Å². The van der Waals surface area contributed by atoms with Gasteiger partial charge in [-0.05, 0) is 66.3 Å². The lowest BCUT2D eigenvalue weighted by Crippen LogP contribution is -2.32. The van der Waals surface area contributed by atoms with Gasteiger partial charge >= 0.3 is 6.18 Å². The van der Waals surface area contributed by atoms with Gasteiger partial charge in [-0.2, -0.15) is 13.2 Å². The Bertz CT molecular complexity index is 1200. The largest absolute Gasteiger partial charge is 0.419 e. The fraction of sp³-hybridized carbons (Fsp3) is 0.379. The molecule has 0 N–H and O–H groups in total. The standard InChI is InChI=1S/C29H29F5O2/c1-2-3-4-21-17-35-27(36-18-21)14-8-19-6-12-24-23(15-19)11-10-22(28(24)31)9-5-20-7-13-25(26(30)16-20)29(32,33)34/h2,6-7,10-13,15-16,21,27H,1,3-5,8-9,14,17-18H2. The number of rotatable bonds is 9. The Morgan fingerprint density at radius 1 is 0.861 bits per heavy atom. The van der Waals surface area contributed by atoms with Gasteiger partial charge < -0.3 is 9.47 Å². The molecule has 1 saturated heterocycles. The van der Waals surface area contributed by atoms with E-state index < -0.39 is 17.6 Å². The summed E-state index contributed by atoms with van der Waals surface area (Å²) in [5.74, 6) is -1.28. The van der Waals surface area contributed by atoms with Crippen molar-refractivity contribution in [1.29, 1.82) is 0 Å². The van der Waals surface area contributed by atoms with Crippen molar-refractivity contribution in [1.82, 2.24) is 0 Å². The number of alkyl halides is 3. The molecule has 0 saturated carbocycles. The highest BCUT2D eigenvalue weighted by Gasteiger charge is 2.33. The first-order chi connectivity index (χ1) is 17.2. The molecule has 0 aromatic heterocycles. The molecule has 0 bridgehead atoms. The monoisotopic (exact) mass is 504 g/mol. The van der Waals surface area contributed by atoms with E-state index in [-0.39, 0.29) is 24.9 Å². The lowest BCUT2D eigenvalue weighted by Gasteiger charge is -2.29. The molecule has 2 nitrogen and oxygen atoms in total. The van der Waals surface area contributed by atoms with Gasteiger partial charge in [-0.1, -0.05) is 42.5 Å². The number of ether oxygens (including phenoxy) is 2. The first-order valence-corrected chi connectivity index (χ1v) is 12.1. The van der Waals surface area contributed by atoms with E-state index >= 15 is 4.39 Å². The third-order valence-corrected chi connectivity index (χ3v) is 6.60. The summed E-state index contributed by atoms with van der Waals surface area (Å²) in [7, 11) is 0. The Hall–Kier alpha value is -2.77. The molecule has 0 atom stereocenters. The van der Waals surface area contributed by atoms with Crippen LogP contribution in [-0.2, 0) is 34.9 Å². The van der Waals surface area contributed by atoms with Gasteiger partial charge in [-0.3, -0.25) is 0 Å². The van der Waals surface area contributed by atoms with E-state index in [2.05, 4.69) is 6.58 Å². The van der Waals surface area contributed by atoms with Crippen LogP contribution in [-0.4, -0.2) is 19.5 Å². The van der Waals surface area contributed by atoms with Crippen LogP contribution in [0.25, 0.3) is 10.8 Å². The summed E-state index contributed by atoms with van der Waals surface area (Å²) in [6.45, 7) is 5.11. The summed E-state index contributed by atoms with van der Waals surface area (Å²) >= 11 is 0. The van der Waals surface area contributed by atoms with E-state index in [0.29, 0.717) is 42.1 Å². The van der Waals surface area contributed by atoms with Crippen LogP contribution < -0.4 is 0 Å². The van der Waals surface area contributed by atoms with Crippen LogP contribution in [0.4, 0.5) is 22.0 Å². The highest BCUT2D eigenvalue weighted by atomic mass is 19.4. The second-order valence-electron chi connectivity index (χ2n) is 9.27. The number of aryl methyl sites for hydroxylation is 3. The Kier molecular flexibility index (Phi) is 8.42. The van der Waals surface area contributed by atoms with Crippen LogP contribution in [0.1, 0.15) is 41.5 Å². The van der Waals surface area contributed by atoms with Gasteiger partial charge in [0.05, 0.1) is 18.8 Å². The molecule has 0 radical (unpaired) electrons. The molecule has 192 valence electrons. The van der Waals surface area contributed by atoms with Crippen molar-refractivity contribution in [3.8, 4) is 0 Å². The molecule has 1 heterocycles. The smallest absolute Gasteiger partial charge is 0.352 e. The molecule has 1 aliphatic rings. The summed E-state index contributed by atoms with van der Waals surface area (Å²) in [5.41, 5.74) is 0.573. The van der Waals surface area contributed by atoms with Crippen LogP contribution in [0, 0.1) is 17.6 Å². The van der Waals surface area contributed by atoms with Gasteiger partial charge in [0.25, 0.3) is 0 Å². The lowest BCUT2D eigenvalue weighted by atomic mass is 9.97. The Labute approximate surface area is 207 Å². The molecule has 7 heteroatoms. The quantitative estimate of drug-likeness (QED) is 0.219. The minimum Gasteiger partial charge on any atom is -0.352 e. The zero-order valence-electron chi connectivity index (χ0n) is 19.9. The molecule has 3 aromatic carbocycles. The van der Waals surface area contributed by atoms with Crippen LogP contribution in [0.5, 0.6) is 0 Å². The van der Waals surface area contributed by atoms with E-state index in [4.69, 9.17) is 9.47 Å². The van der Waals surface area contributed by atoms with E-state index in [0.717, 1.165) is 42.3 Å². The topological polar surface area (TPSA) is 18.5 Å². The van der Waals surface area contributed by atoms with Gasteiger partial charge in [0, 0.05) is 17.7 Å². The Morgan fingerprint density at radius 2 is 1.58 bits per heavy atom. The molecule has 0 spiro atoms. The average molecular weight is 505 g/mol. The van der Waals surface area contributed by atoms with Crippen LogP contribution in [0.3, 0.4) is 0 Å². The van der Waals surface area contributed by atoms with E-state index in [1.165, 1.54) is 6.07 Å². The molecule has 36 heavy (non-hydrogen) atoms. The number of hydrogen-bond acceptors (Lipinski definition) is 2. The number of hydrogen-bond donors (Lipinski definition) is 0. The van der Waals surface area contributed by atoms with Gasteiger partial charge in [0.1, 0.15) is 11.6 Å². The van der Waals surface area contributed by atoms with E-state index in [1.807, 2.05) is 24.3 Å². The maximum absolute atomic E-state index is 15.1. The first-order valence-electron chi connectivity index (χ1n) is 12.1. The third kappa shape index (κ3) is 6.51. The summed E-state index contributed by atoms with van der Waals surface area (Å²) in [6, 6.07) is 11.9. The van der Waals surface area contributed by atoms with Crippen molar-refractivity contribution in [2.75, 3.05) is 13.2 Å². The van der Waals surface area contributed by atoms with Crippen LogP contribution >= 0.6 is 0 Å². The lowest BCUT2D eigenvalue weighted by molar-refractivity contribution is -0.203. The maximum atomic E-state index is 15.1. The first kappa shape index (κ1) is 26.3. The van der Waals surface area contributed by atoms with Crippen molar-refractivity contribution in [2.24, 2.45) is 5.92 Å². The summed E-state index contributed by atoms with van der Waals surface area (Å²) in [4.78, 5) is 0. The maximum Gasteiger partial charge on any atom is 0.419 e. The predicted molar refractivity (Wildman–Crippen MR) is 130 cm³/mol. The summed E-state index contributed by atoms with van der Waals surface area (Å²) < 4.78 is 78.9. The fourth-order valence-electron chi connectivity index (χ4n) is 4.51. The second-order valence-corrected chi connectivity index (χ2v) is 9.27. The van der Waals surface area contributed by atoms with Crippen LogP contribution in [0.15, 0.2) is 61.2 Å². The van der Waals surface area contributed by atoms with Gasteiger partial charge in [0.2, 0.25) is 0 Å². The zero-order chi connectivity index (χ0) is 25.7. The van der Waals surface area contributed by atoms with Crippen molar-refractivity contribution in [2.45, 2.75) is 51.0 Å². The van der Waals surface area contributed by atoms with Gasteiger partial charge in [0.15, 0.2) is 6.29 Å². The number of benzene rings is 3. The summed E-state index contributed by atoms with van der Waals surface area (Å²) in [6.07, 6.45) is 0.805. The molecular formula is C29H29F5O2. The molecule has 0 aliphatic carbocycles. The minimum atomic E-state index is -4.74. The van der Waals surface area contributed by atoms with Gasteiger partial charge in [-0.15, -0.1) is 6.58 Å². The van der Waals surface area contributed by atoms with E-state index in [9.17, 15) is 17.6 Å². The molecule has 4 rings (SSSR count). The number of allylic oxidation sites excluding steroid dienone is 1. The molecule has 1 aliphatic heterocycles. The molecule has 0 amide bonds. The van der Waals surface area contributed by atoms with Crippen molar-refractivity contribution in [3.05, 3.63) is 95.1 Å². The minimum absolute atomic E-state index is 0.228. The molecule has 1 fully saturated rings. The molecular weight excluding hydrogens is 475 g/mol. The number of fused-ring (bicyclic) bond motifs is 1. The second kappa shape index (κ2) is 11.5. The van der Waals surface area contributed by atoms with Crippen LogP contribution in [0.2, 0.25) is 0 Å². The zero-order valence-corrected chi connectivity index (χ0v) is 19.9. The highest BCUT2D eigenvalue weighted by molar-refractivity contribution is 5.84. The number of halogens is 5. The predicted octanol–water partition coefficient (Wildman–Crippen LogP) is 7.81. The van der Waals surface area contributed by atoms with Gasteiger partial charge in [-0.25, -0.2) is 8.78 Å². The van der Waals surface area contributed by atoms with Crippen molar-refractivity contribution in [3.63, 3.8) is 0 Å². The molecule has 0 unspecified atom stereocenters. The Balaban J connectivity index is 1.35. The third-order valence-electron chi connectivity index (χ3n) is 6.60. The SMILES string of the molecule is C=CCCC1COC(CCc2ccc3c(F)c(CCc4ccc(C(F)(F)F)c(F)c4)ccc3c2)OC1. The highest BCUT2D eigenvalue weighted by Crippen LogP contribution is 2.32. The summed E-state index contributed by atoms with van der Waals surface area (Å²) in [5, 5.41) is 1.24. The van der Waals surface area contributed by atoms with Crippen molar-refractivity contribution >= 4 is 10.8 Å². The van der Waals surface area contributed by atoms with E-state index in [1.54, 1.807) is 12.1 Å². The molecule has 3 aromatic rings. The Morgan fingerprint density at radius 3 is 2.28 bits per heavy atom.